The standard InChI is InChI=1S/C21H18FNO3/c1-26-21(25)19(23-20(24)16-8-10-18(22)11-9-16)13-14-6-7-15-4-2-3-5-17(15)12-14/h2-12,19H,13H2,1H3,(H,23,24)/t19-/m0/s1. The van der Waals surface area contributed by atoms with Gasteiger partial charge in [-0.2, -0.15) is 0 Å². The highest BCUT2D eigenvalue weighted by molar-refractivity contribution is 5.96. The van der Waals surface area contributed by atoms with Gasteiger partial charge in [0.05, 0.1) is 7.11 Å². The van der Waals surface area contributed by atoms with Crippen molar-refractivity contribution in [2.24, 2.45) is 0 Å². The van der Waals surface area contributed by atoms with Crippen molar-refractivity contribution in [3.8, 4) is 0 Å². The lowest BCUT2D eigenvalue weighted by Crippen LogP contribution is -2.43. The first-order valence-electron chi connectivity index (χ1n) is 8.19. The Morgan fingerprint density at radius 3 is 2.38 bits per heavy atom. The van der Waals surface area contributed by atoms with E-state index in [9.17, 15) is 14.0 Å². The zero-order chi connectivity index (χ0) is 18.5. The second kappa shape index (κ2) is 7.78. The Hall–Kier alpha value is -3.21. The number of nitrogens with one attached hydrogen (secondary N) is 1. The molecule has 26 heavy (non-hydrogen) atoms. The lowest BCUT2D eigenvalue weighted by atomic mass is 10.0. The molecule has 132 valence electrons. The summed E-state index contributed by atoms with van der Waals surface area (Å²) < 4.78 is 17.8. The van der Waals surface area contributed by atoms with Crippen molar-refractivity contribution in [3.05, 3.63) is 83.7 Å². The molecule has 1 atom stereocenters. The van der Waals surface area contributed by atoms with E-state index in [0.717, 1.165) is 16.3 Å². The minimum Gasteiger partial charge on any atom is -0.467 e. The summed E-state index contributed by atoms with van der Waals surface area (Å²) in [5.74, 6) is -1.42. The lowest BCUT2D eigenvalue weighted by molar-refractivity contribution is -0.142. The average Bonchev–Trinajstić information content (AvgIpc) is 2.67. The molecule has 3 aromatic rings. The number of carbonyl (C=O) groups is 2. The van der Waals surface area contributed by atoms with Gasteiger partial charge in [-0.1, -0.05) is 42.5 Å². The Morgan fingerprint density at radius 1 is 1.00 bits per heavy atom. The maximum atomic E-state index is 13.0. The molecule has 0 aliphatic heterocycles. The predicted molar refractivity (Wildman–Crippen MR) is 97.3 cm³/mol. The van der Waals surface area contributed by atoms with Gasteiger partial charge >= 0.3 is 5.97 Å². The van der Waals surface area contributed by atoms with Crippen molar-refractivity contribution in [2.45, 2.75) is 12.5 Å². The van der Waals surface area contributed by atoms with Gasteiger partial charge in [0, 0.05) is 12.0 Å². The number of carbonyl (C=O) groups excluding carboxylic acids is 2. The highest BCUT2D eigenvalue weighted by Gasteiger charge is 2.22. The fraction of sp³-hybridized carbons (Fsp3) is 0.143. The van der Waals surface area contributed by atoms with Crippen LogP contribution in [0.15, 0.2) is 66.7 Å². The van der Waals surface area contributed by atoms with Crippen molar-refractivity contribution in [2.75, 3.05) is 7.11 Å². The Labute approximate surface area is 150 Å². The van der Waals surface area contributed by atoms with Crippen molar-refractivity contribution in [3.63, 3.8) is 0 Å². The number of benzene rings is 3. The number of hydrogen-bond acceptors (Lipinski definition) is 3. The normalized spacial score (nSPS) is 11.8. The number of rotatable bonds is 5. The summed E-state index contributed by atoms with van der Waals surface area (Å²) in [7, 11) is 1.28. The third-order valence-electron chi connectivity index (χ3n) is 4.15. The van der Waals surface area contributed by atoms with E-state index in [1.165, 1.54) is 31.4 Å². The van der Waals surface area contributed by atoms with Gasteiger partial charge < -0.3 is 10.1 Å². The summed E-state index contributed by atoms with van der Waals surface area (Å²) in [6, 6.07) is 18.1. The van der Waals surface area contributed by atoms with Crippen LogP contribution in [0.25, 0.3) is 10.8 Å². The number of halogens is 1. The van der Waals surface area contributed by atoms with Crippen LogP contribution in [0.2, 0.25) is 0 Å². The molecular formula is C21H18FNO3. The number of fused-ring (bicyclic) bond motifs is 1. The molecule has 0 aliphatic carbocycles. The molecule has 5 heteroatoms. The first-order valence-corrected chi connectivity index (χ1v) is 8.19. The van der Waals surface area contributed by atoms with E-state index in [1.54, 1.807) is 0 Å². The molecule has 4 nitrogen and oxygen atoms in total. The molecule has 0 unspecified atom stereocenters. The van der Waals surface area contributed by atoms with Gasteiger partial charge in [0.2, 0.25) is 0 Å². The third kappa shape index (κ3) is 4.06. The summed E-state index contributed by atoms with van der Waals surface area (Å²) in [5.41, 5.74) is 1.18. The van der Waals surface area contributed by atoms with E-state index < -0.39 is 23.7 Å². The Bertz CT molecular complexity index is 937. The van der Waals surface area contributed by atoms with Crippen LogP contribution in [-0.2, 0) is 16.0 Å². The monoisotopic (exact) mass is 351 g/mol. The largest absolute Gasteiger partial charge is 0.467 e. The van der Waals surface area contributed by atoms with Crippen molar-refractivity contribution in [1.29, 1.82) is 0 Å². The quantitative estimate of drug-likeness (QED) is 0.716. The predicted octanol–water partition coefficient (Wildman–Crippen LogP) is 3.49. The van der Waals surface area contributed by atoms with Crippen molar-refractivity contribution >= 4 is 22.6 Å². The second-order valence-corrected chi connectivity index (χ2v) is 5.94. The number of ether oxygens (including phenoxy) is 1. The molecular weight excluding hydrogens is 333 g/mol. The zero-order valence-corrected chi connectivity index (χ0v) is 14.2. The van der Waals surface area contributed by atoms with Crippen LogP contribution in [0.3, 0.4) is 0 Å². The summed E-state index contributed by atoms with van der Waals surface area (Å²) in [5, 5.41) is 4.82. The topological polar surface area (TPSA) is 55.4 Å². The molecule has 0 aliphatic rings. The third-order valence-corrected chi connectivity index (χ3v) is 4.15. The molecule has 0 aromatic heterocycles. The van der Waals surface area contributed by atoms with Gasteiger partial charge in [-0.25, -0.2) is 9.18 Å². The van der Waals surface area contributed by atoms with E-state index in [-0.39, 0.29) is 5.56 Å². The summed E-state index contributed by atoms with van der Waals surface area (Å²) >= 11 is 0. The lowest BCUT2D eigenvalue weighted by Gasteiger charge is -2.17. The molecule has 0 saturated heterocycles. The van der Waals surface area contributed by atoms with E-state index in [1.807, 2.05) is 42.5 Å². The number of amides is 1. The van der Waals surface area contributed by atoms with Crippen LogP contribution in [0.1, 0.15) is 15.9 Å². The van der Waals surface area contributed by atoms with E-state index in [4.69, 9.17) is 4.74 Å². The number of hydrogen-bond donors (Lipinski definition) is 1. The number of methoxy groups -OCH3 is 1. The van der Waals surface area contributed by atoms with Gasteiger partial charge in [0.15, 0.2) is 0 Å². The Kier molecular flexibility index (Phi) is 5.27. The van der Waals surface area contributed by atoms with Crippen LogP contribution in [-0.4, -0.2) is 25.0 Å². The summed E-state index contributed by atoms with van der Waals surface area (Å²) in [6.45, 7) is 0. The minimum atomic E-state index is -0.835. The highest BCUT2D eigenvalue weighted by Crippen LogP contribution is 2.17. The van der Waals surface area contributed by atoms with E-state index in [0.29, 0.717) is 6.42 Å². The van der Waals surface area contributed by atoms with Crippen LogP contribution < -0.4 is 5.32 Å². The Morgan fingerprint density at radius 2 is 1.69 bits per heavy atom. The minimum absolute atomic E-state index is 0.277. The highest BCUT2D eigenvalue weighted by atomic mass is 19.1. The maximum Gasteiger partial charge on any atom is 0.328 e. The van der Waals surface area contributed by atoms with Crippen LogP contribution >= 0.6 is 0 Å². The van der Waals surface area contributed by atoms with E-state index in [2.05, 4.69) is 5.32 Å². The smallest absolute Gasteiger partial charge is 0.328 e. The summed E-state index contributed by atoms with van der Waals surface area (Å²) in [6.07, 6.45) is 0.296. The molecule has 0 heterocycles. The van der Waals surface area contributed by atoms with Gasteiger partial charge in [0.25, 0.3) is 5.91 Å². The Balaban J connectivity index is 1.79. The van der Waals surface area contributed by atoms with Crippen LogP contribution in [0, 0.1) is 5.82 Å². The van der Waals surface area contributed by atoms with Crippen LogP contribution in [0.5, 0.6) is 0 Å². The average molecular weight is 351 g/mol. The summed E-state index contributed by atoms with van der Waals surface area (Å²) in [4.78, 5) is 24.5. The molecule has 1 amide bonds. The fourth-order valence-electron chi connectivity index (χ4n) is 2.78. The van der Waals surface area contributed by atoms with Gasteiger partial charge in [0.1, 0.15) is 11.9 Å². The maximum absolute atomic E-state index is 13.0. The molecule has 0 radical (unpaired) electrons. The molecule has 1 N–H and O–H groups in total. The first kappa shape index (κ1) is 17.6. The number of esters is 1. The van der Waals surface area contributed by atoms with Gasteiger partial charge in [-0.05, 0) is 40.6 Å². The van der Waals surface area contributed by atoms with E-state index >= 15 is 0 Å². The fourth-order valence-corrected chi connectivity index (χ4v) is 2.78. The molecule has 0 saturated carbocycles. The molecule has 3 aromatic carbocycles. The zero-order valence-electron chi connectivity index (χ0n) is 14.2. The molecule has 0 spiro atoms. The first-order chi connectivity index (χ1) is 12.6. The molecule has 3 rings (SSSR count). The molecule has 0 fully saturated rings. The second-order valence-electron chi connectivity index (χ2n) is 5.94. The van der Waals surface area contributed by atoms with Crippen molar-refractivity contribution < 1.29 is 18.7 Å². The van der Waals surface area contributed by atoms with Gasteiger partial charge in [-0.3, -0.25) is 4.79 Å². The molecule has 0 bridgehead atoms. The van der Waals surface area contributed by atoms with Crippen LogP contribution in [0.4, 0.5) is 4.39 Å². The van der Waals surface area contributed by atoms with Crippen molar-refractivity contribution in [1.82, 2.24) is 5.32 Å². The van der Waals surface area contributed by atoms with Gasteiger partial charge in [-0.15, -0.1) is 0 Å². The SMILES string of the molecule is COC(=O)[C@H](Cc1ccc2ccccc2c1)NC(=O)c1ccc(F)cc1.